The third-order valence-corrected chi connectivity index (χ3v) is 9.31. The van der Waals surface area contributed by atoms with Crippen molar-refractivity contribution in [3.8, 4) is 0 Å². The van der Waals surface area contributed by atoms with Crippen molar-refractivity contribution in [2.45, 2.75) is 110 Å². The van der Waals surface area contributed by atoms with Crippen LogP contribution in [0.5, 0.6) is 0 Å². The van der Waals surface area contributed by atoms with Gasteiger partial charge in [0.05, 0.1) is 25.6 Å². The molecule has 4 amide bonds. The fourth-order valence-corrected chi connectivity index (χ4v) is 6.47. The van der Waals surface area contributed by atoms with Crippen LogP contribution in [0, 0.1) is 5.92 Å². The third-order valence-electron chi connectivity index (χ3n) is 9.14. The second-order valence-electron chi connectivity index (χ2n) is 15.8. The fraction of sp³-hybridized carbons (Fsp3) is 0.579. The zero-order valence-electron chi connectivity index (χ0n) is 33.5. The number of urea groups is 1. The zero-order chi connectivity index (χ0) is 42.0. The quantitative estimate of drug-likeness (QED) is 0.101. The number of anilines is 2. The smallest absolute Gasteiger partial charge is 0.425 e. The molecule has 0 saturated carbocycles. The third kappa shape index (κ3) is 9.61. The van der Waals surface area contributed by atoms with Crippen LogP contribution in [0.25, 0.3) is 11.2 Å². The Morgan fingerprint density at radius 3 is 2.23 bits per heavy atom. The highest BCUT2D eigenvalue weighted by Gasteiger charge is 2.50. The van der Waals surface area contributed by atoms with Gasteiger partial charge in [-0.15, -0.1) is 0 Å². The van der Waals surface area contributed by atoms with E-state index in [4.69, 9.17) is 35.3 Å². The summed E-state index contributed by atoms with van der Waals surface area (Å²) in [6, 6.07) is 6.59. The molecule has 0 radical (unpaired) electrons. The number of ketones is 1. The van der Waals surface area contributed by atoms with Crippen molar-refractivity contribution >= 4 is 64.2 Å². The molecule has 1 aromatic carbocycles. The van der Waals surface area contributed by atoms with Crippen LogP contribution in [0.15, 0.2) is 30.6 Å². The van der Waals surface area contributed by atoms with Crippen LogP contribution in [-0.2, 0) is 39.7 Å². The van der Waals surface area contributed by atoms with E-state index in [0.717, 1.165) is 6.42 Å². The van der Waals surface area contributed by atoms with Crippen LogP contribution in [0.1, 0.15) is 80.5 Å². The maximum atomic E-state index is 16.3. The van der Waals surface area contributed by atoms with Gasteiger partial charge in [-0.25, -0.2) is 28.6 Å². The molecule has 2 saturated heterocycles. The number of imide groups is 1. The minimum Gasteiger partial charge on any atom is -0.463 e. The van der Waals surface area contributed by atoms with Crippen LogP contribution in [-0.4, -0.2) is 105 Å². The number of Topliss-reactive ketones (excluding diaryl/α,β-unsaturated/α-hetero) is 1. The number of benzene rings is 1. The normalized spacial score (nSPS) is 21.1. The standard InChI is InChI=1S/C38H49ClFN7O10/c1-10-53-31(49)38(22(3)48,18-23-12-14-24(15-13-23)45-17-11-16-41-33(45)50)54-19-25-21(2)26(40)30(55-25)46-20-42-27-28(46)43-32(39)44-29(27)47(34(51)56-36(4,5)6)35(52)57-37(7,8)9/h12-15,20-21,25-26,30H,10-11,16-19H2,1-9H3,(H,41,50)/t21-,25-,26+,30-,38?/m1/s1. The van der Waals surface area contributed by atoms with Gasteiger partial charge >= 0.3 is 24.2 Å². The Hall–Kier alpha value is -4.94. The predicted octanol–water partition coefficient (Wildman–Crippen LogP) is 6.10. The van der Waals surface area contributed by atoms with E-state index in [2.05, 4.69) is 20.3 Å². The molecule has 2 aliphatic heterocycles. The summed E-state index contributed by atoms with van der Waals surface area (Å²) < 4.78 is 46.1. The van der Waals surface area contributed by atoms with Gasteiger partial charge in [0.25, 0.3) is 0 Å². The van der Waals surface area contributed by atoms with E-state index in [9.17, 15) is 24.0 Å². The lowest BCUT2D eigenvalue weighted by Crippen LogP contribution is -2.52. The van der Waals surface area contributed by atoms with Gasteiger partial charge in [-0.2, -0.15) is 14.9 Å². The molecule has 4 heterocycles. The molecule has 0 aliphatic carbocycles. The first kappa shape index (κ1) is 43.2. The van der Waals surface area contributed by atoms with Crippen LogP contribution in [0.4, 0.5) is 30.3 Å². The van der Waals surface area contributed by atoms with E-state index < -0.39 is 77.1 Å². The number of nitrogens with one attached hydrogen (secondary N) is 1. The van der Waals surface area contributed by atoms with Crippen LogP contribution >= 0.6 is 11.6 Å². The number of fused-ring (bicyclic) bond motifs is 1. The maximum absolute atomic E-state index is 16.3. The van der Waals surface area contributed by atoms with E-state index in [1.807, 2.05) is 0 Å². The van der Waals surface area contributed by atoms with E-state index in [0.29, 0.717) is 29.2 Å². The van der Waals surface area contributed by atoms with Crippen molar-refractivity contribution < 1.29 is 52.0 Å². The first-order valence-electron chi connectivity index (χ1n) is 18.6. The molecule has 1 unspecified atom stereocenters. The van der Waals surface area contributed by atoms with Crippen molar-refractivity contribution in [2.24, 2.45) is 5.92 Å². The molecule has 19 heteroatoms. The number of aromatic nitrogens is 4. The Bertz CT molecular complexity index is 1970. The Balaban J connectivity index is 1.43. The first-order valence-corrected chi connectivity index (χ1v) is 19.0. The molecule has 1 N–H and O–H groups in total. The molecule has 310 valence electrons. The fourth-order valence-electron chi connectivity index (χ4n) is 6.31. The number of alkyl halides is 1. The average Bonchev–Trinajstić information content (AvgIpc) is 3.65. The summed E-state index contributed by atoms with van der Waals surface area (Å²) in [4.78, 5) is 80.9. The average molecular weight is 818 g/mol. The molecular formula is C38H49ClFN7O10. The Labute approximate surface area is 334 Å². The number of rotatable bonds is 11. The Morgan fingerprint density at radius 1 is 1.04 bits per heavy atom. The number of nitrogens with zero attached hydrogens (tertiary/aromatic N) is 6. The molecule has 2 fully saturated rings. The minimum atomic E-state index is -2.11. The van der Waals surface area contributed by atoms with Gasteiger partial charge in [-0.1, -0.05) is 19.1 Å². The van der Waals surface area contributed by atoms with Crippen molar-refractivity contribution in [1.29, 1.82) is 0 Å². The number of carbonyl (C=O) groups is 5. The van der Waals surface area contributed by atoms with E-state index >= 15 is 4.39 Å². The SMILES string of the molecule is CCOC(=O)C(Cc1ccc(N2CCCNC2=O)cc1)(OC[C@H]1O[C@@H](n2cnc3c(N(C(=O)OC(C)(C)C)C(=O)OC(C)(C)C)nc(Cl)nc32)[C@@H](F)[C@@H]1C)C(C)=O. The summed E-state index contributed by atoms with van der Waals surface area (Å²) in [5, 5.41) is 2.39. The molecule has 17 nitrogen and oxygen atoms in total. The Kier molecular flexibility index (Phi) is 12.8. The second kappa shape index (κ2) is 16.9. The lowest BCUT2D eigenvalue weighted by Gasteiger charge is -2.31. The molecule has 57 heavy (non-hydrogen) atoms. The summed E-state index contributed by atoms with van der Waals surface area (Å²) in [6.07, 6.45) is -4.60. The molecule has 2 aliphatic rings. The highest BCUT2D eigenvalue weighted by molar-refractivity contribution is 6.29. The van der Waals surface area contributed by atoms with Gasteiger partial charge < -0.3 is 29.0 Å². The number of ether oxygens (including phenoxy) is 5. The maximum Gasteiger partial charge on any atom is 0.425 e. The summed E-state index contributed by atoms with van der Waals surface area (Å²) >= 11 is 6.33. The van der Waals surface area contributed by atoms with Crippen molar-refractivity contribution in [3.05, 3.63) is 41.4 Å². The molecule has 0 spiro atoms. The lowest BCUT2D eigenvalue weighted by molar-refractivity contribution is -0.182. The summed E-state index contributed by atoms with van der Waals surface area (Å²) in [5.74, 6) is -2.79. The summed E-state index contributed by atoms with van der Waals surface area (Å²) in [5.41, 5.74) is -3.18. The van der Waals surface area contributed by atoms with Gasteiger partial charge in [0.1, 0.15) is 11.2 Å². The van der Waals surface area contributed by atoms with Crippen molar-refractivity contribution in [1.82, 2.24) is 24.8 Å². The largest absolute Gasteiger partial charge is 0.463 e. The van der Waals surface area contributed by atoms with Gasteiger partial charge in [0.15, 0.2) is 35.2 Å². The number of halogens is 2. The number of hydrogen-bond donors (Lipinski definition) is 1. The first-order chi connectivity index (χ1) is 26.7. The molecule has 2 aromatic heterocycles. The highest BCUT2D eigenvalue weighted by Crippen LogP contribution is 2.40. The number of hydrogen-bond acceptors (Lipinski definition) is 13. The number of amides is 4. The minimum absolute atomic E-state index is 0.0371. The van der Waals surface area contributed by atoms with Crippen molar-refractivity contribution in [2.75, 3.05) is 36.1 Å². The highest BCUT2D eigenvalue weighted by atomic mass is 35.5. The summed E-state index contributed by atoms with van der Waals surface area (Å²) in [6.45, 7) is 14.7. The molecule has 3 aromatic rings. The van der Waals surface area contributed by atoms with E-state index in [-0.39, 0.29) is 36.0 Å². The van der Waals surface area contributed by atoms with Crippen LogP contribution in [0.3, 0.4) is 0 Å². The van der Waals surface area contributed by atoms with Gasteiger partial charge in [0, 0.05) is 31.1 Å². The monoisotopic (exact) mass is 817 g/mol. The molecule has 5 rings (SSSR count). The Morgan fingerprint density at radius 2 is 1.67 bits per heavy atom. The van der Waals surface area contributed by atoms with Crippen LogP contribution in [0.2, 0.25) is 5.28 Å². The summed E-state index contributed by atoms with van der Waals surface area (Å²) in [7, 11) is 0. The lowest BCUT2D eigenvalue weighted by atomic mass is 9.90. The van der Waals surface area contributed by atoms with Crippen LogP contribution < -0.4 is 15.1 Å². The van der Waals surface area contributed by atoms with E-state index in [1.54, 1.807) is 84.6 Å². The number of esters is 1. The predicted molar refractivity (Wildman–Crippen MR) is 205 cm³/mol. The van der Waals surface area contributed by atoms with Gasteiger partial charge in [-0.3, -0.25) is 14.3 Å². The van der Waals surface area contributed by atoms with Gasteiger partial charge in [0.2, 0.25) is 10.9 Å². The zero-order valence-corrected chi connectivity index (χ0v) is 34.2. The second-order valence-corrected chi connectivity index (χ2v) is 16.1. The van der Waals surface area contributed by atoms with E-state index in [1.165, 1.54) is 17.8 Å². The molecule has 0 bridgehead atoms. The number of carbonyl (C=O) groups excluding carboxylic acids is 5. The molecular weight excluding hydrogens is 769 g/mol. The topological polar surface area (TPSA) is 194 Å². The number of imidazole rings is 1. The van der Waals surface area contributed by atoms with Gasteiger partial charge in [-0.05, 0) is 91.1 Å². The molecule has 5 atom stereocenters. The van der Waals surface area contributed by atoms with Crippen molar-refractivity contribution in [3.63, 3.8) is 0 Å².